The van der Waals surface area contributed by atoms with Gasteiger partial charge in [0, 0.05) is 37.1 Å². The second-order valence-corrected chi connectivity index (χ2v) is 10.4. The molecule has 34 heavy (non-hydrogen) atoms. The first-order valence-corrected chi connectivity index (χ1v) is 12.4. The van der Waals surface area contributed by atoms with Crippen molar-refractivity contribution in [2.75, 3.05) is 33.3 Å². The summed E-state index contributed by atoms with van der Waals surface area (Å²) in [5, 5.41) is 0.916. The minimum Gasteiger partial charge on any atom is -0.465 e. The zero-order valence-corrected chi connectivity index (χ0v) is 20.7. The van der Waals surface area contributed by atoms with E-state index in [2.05, 4.69) is 0 Å². The van der Waals surface area contributed by atoms with Crippen LogP contribution < -0.4 is 0 Å². The number of sulfonamides is 1. The van der Waals surface area contributed by atoms with Crippen LogP contribution in [0.1, 0.15) is 38.6 Å². The van der Waals surface area contributed by atoms with E-state index in [0.29, 0.717) is 0 Å². The third kappa shape index (κ3) is 4.12. The van der Waals surface area contributed by atoms with Gasteiger partial charge in [-0.3, -0.25) is 4.79 Å². The van der Waals surface area contributed by atoms with Gasteiger partial charge in [0.15, 0.2) is 0 Å². The van der Waals surface area contributed by atoms with Crippen molar-refractivity contribution in [3.8, 4) is 0 Å². The first kappa shape index (κ1) is 24.0. The smallest absolute Gasteiger partial charge is 0.342 e. The standard InChI is InChI=1S/C24H28N2O7S/c1-14-10-19-18(13-32-20(19)11-15(14)2)12-21(27)25-6-8-26(9-7-25)34(29,30)23-17(4)33-16(3)22(23)24(28)31-5/h10-11,13H,6-9,12H2,1-5H3. The minimum absolute atomic E-state index is 0.0872. The molecule has 1 saturated heterocycles. The first-order valence-electron chi connectivity index (χ1n) is 11.0. The van der Waals surface area contributed by atoms with Gasteiger partial charge >= 0.3 is 5.97 Å². The fraction of sp³-hybridized carbons (Fsp3) is 0.417. The van der Waals surface area contributed by atoms with E-state index in [1.54, 1.807) is 11.2 Å². The molecule has 3 heterocycles. The summed E-state index contributed by atoms with van der Waals surface area (Å²) in [5.41, 5.74) is 3.71. The molecule has 1 aliphatic heterocycles. The Labute approximate surface area is 198 Å². The van der Waals surface area contributed by atoms with Gasteiger partial charge in [0.05, 0.1) is 19.8 Å². The molecule has 1 amide bonds. The number of esters is 1. The molecule has 0 atom stereocenters. The summed E-state index contributed by atoms with van der Waals surface area (Å²) in [6.07, 6.45) is 1.79. The molecule has 2 aromatic heterocycles. The summed E-state index contributed by atoms with van der Waals surface area (Å²) in [4.78, 5) is 26.6. The zero-order valence-electron chi connectivity index (χ0n) is 19.9. The molecular weight excluding hydrogens is 460 g/mol. The number of hydrogen-bond acceptors (Lipinski definition) is 7. The number of carbonyl (C=O) groups is 2. The quantitative estimate of drug-likeness (QED) is 0.508. The van der Waals surface area contributed by atoms with Gasteiger partial charge in [0.2, 0.25) is 15.9 Å². The summed E-state index contributed by atoms with van der Waals surface area (Å²) >= 11 is 0. The lowest BCUT2D eigenvalue weighted by Gasteiger charge is -2.34. The van der Waals surface area contributed by atoms with Crippen LogP contribution in [0.2, 0.25) is 0 Å². The molecule has 1 aliphatic rings. The summed E-state index contributed by atoms with van der Waals surface area (Å²) in [6, 6.07) is 3.99. The number of amides is 1. The van der Waals surface area contributed by atoms with Crippen LogP contribution in [0.15, 0.2) is 32.1 Å². The normalized spacial score (nSPS) is 15.1. The number of nitrogens with zero attached hydrogens (tertiary/aromatic N) is 2. The van der Waals surface area contributed by atoms with E-state index in [9.17, 15) is 18.0 Å². The highest BCUT2D eigenvalue weighted by Crippen LogP contribution is 2.31. The molecule has 3 aromatic rings. The van der Waals surface area contributed by atoms with Gasteiger partial charge in [0.1, 0.15) is 27.6 Å². The molecule has 4 rings (SSSR count). The van der Waals surface area contributed by atoms with E-state index < -0.39 is 16.0 Å². The summed E-state index contributed by atoms with van der Waals surface area (Å²) in [7, 11) is -2.82. The van der Waals surface area contributed by atoms with Crippen molar-refractivity contribution < 1.29 is 31.6 Å². The molecule has 0 radical (unpaired) electrons. The van der Waals surface area contributed by atoms with Crippen LogP contribution in [0.25, 0.3) is 11.0 Å². The Hall–Kier alpha value is -3.11. The lowest BCUT2D eigenvalue weighted by Crippen LogP contribution is -2.51. The molecule has 0 bridgehead atoms. The van der Waals surface area contributed by atoms with Crippen LogP contribution in [0.4, 0.5) is 0 Å². The number of methoxy groups -OCH3 is 1. The molecule has 9 nitrogen and oxygen atoms in total. The highest BCUT2D eigenvalue weighted by molar-refractivity contribution is 7.89. The van der Waals surface area contributed by atoms with Gasteiger partial charge in [-0.15, -0.1) is 0 Å². The molecule has 10 heteroatoms. The Morgan fingerprint density at radius 2 is 1.65 bits per heavy atom. The van der Waals surface area contributed by atoms with Gasteiger partial charge in [-0.25, -0.2) is 13.2 Å². The van der Waals surface area contributed by atoms with Crippen LogP contribution in [-0.4, -0.2) is 62.8 Å². The van der Waals surface area contributed by atoms with Gasteiger partial charge < -0.3 is 18.5 Å². The molecule has 0 aliphatic carbocycles. The van der Waals surface area contributed by atoms with Crippen LogP contribution >= 0.6 is 0 Å². The number of piperazine rings is 1. The Kier molecular flexibility index (Phi) is 6.30. The highest BCUT2D eigenvalue weighted by Gasteiger charge is 2.37. The van der Waals surface area contributed by atoms with Crippen molar-refractivity contribution in [2.24, 2.45) is 0 Å². The second kappa shape index (κ2) is 8.92. The lowest BCUT2D eigenvalue weighted by molar-refractivity contribution is -0.131. The average molecular weight is 489 g/mol. The van der Waals surface area contributed by atoms with Crippen LogP contribution in [0, 0.1) is 27.7 Å². The minimum atomic E-state index is -4.01. The van der Waals surface area contributed by atoms with Crippen LogP contribution in [0.3, 0.4) is 0 Å². The Morgan fingerprint density at radius 1 is 1.00 bits per heavy atom. The maximum atomic E-state index is 13.3. The van der Waals surface area contributed by atoms with Crippen molar-refractivity contribution >= 4 is 32.9 Å². The maximum Gasteiger partial charge on any atom is 0.342 e. The molecule has 0 unspecified atom stereocenters. The monoisotopic (exact) mass is 488 g/mol. The van der Waals surface area contributed by atoms with E-state index >= 15 is 0 Å². The van der Waals surface area contributed by atoms with Gasteiger partial charge in [-0.1, -0.05) is 0 Å². The number of hydrogen-bond donors (Lipinski definition) is 0. The first-order chi connectivity index (χ1) is 16.0. The van der Waals surface area contributed by atoms with E-state index in [4.69, 9.17) is 13.6 Å². The molecule has 1 fully saturated rings. The second-order valence-electron chi connectivity index (χ2n) is 8.57. The van der Waals surface area contributed by atoms with Crippen LogP contribution in [0.5, 0.6) is 0 Å². The Morgan fingerprint density at radius 3 is 2.29 bits per heavy atom. The van der Waals surface area contributed by atoms with Crippen molar-refractivity contribution in [1.82, 2.24) is 9.21 Å². The summed E-state index contributed by atoms with van der Waals surface area (Å²) in [6.45, 7) is 7.77. The fourth-order valence-electron chi connectivity index (χ4n) is 4.37. The molecule has 0 spiro atoms. The number of carbonyl (C=O) groups excluding carboxylic acids is 2. The van der Waals surface area contributed by atoms with Crippen molar-refractivity contribution in [3.05, 3.63) is 52.2 Å². The average Bonchev–Trinajstić information content (AvgIpc) is 3.32. The lowest BCUT2D eigenvalue weighted by atomic mass is 10.0. The number of ether oxygens (including phenoxy) is 1. The molecule has 0 N–H and O–H groups in total. The summed E-state index contributed by atoms with van der Waals surface area (Å²) < 4.78 is 43.8. The Bertz CT molecular complexity index is 1380. The predicted molar refractivity (Wildman–Crippen MR) is 124 cm³/mol. The number of aryl methyl sites for hydroxylation is 4. The number of furan rings is 2. The predicted octanol–water partition coefficient (Wildman–Crippen LogP) is 3.12. The molecular formula is C24H28N2O7S. The van der Waals surface area contributed by atoms with E-state index in [0.717, 1.165) is 27.7 Å². The largest absolute Gasteiger partial charge is 0.465 e. The van der Waals surface area contributed by atoms with E-state index in [-0.39, 0.29) is 60.5 Å². The van der Waals surface area contributed by atoms with E-state index in [1.165, 1.54) is 25.3 Å². The Balaban J connectivity index is 1.48. The number of fused-ring (bicyclic) bond motifs is 1. The van der Waals surface area contributed by atoms with Gasteiger partial charge in [0.25, 0.3) is 0 Å². The fourth-order valence-corrected chi connectivity index (χ4v) is 6.16. The summed E-state index contributed by atoms with van der Waals surface area (Å²) in [5.74, 6) is -0.536. The van der Waals surface area contributed by atoms with E-state index in [1.807, 2.05) is 26.0 Å². The zero-order chi connectivity index (χ0) is 24.8. The van der Waals surface area contributed by atoms with Crippen molar-refractivity contribution in [3.63, 3.8) is 0 Å². The topological polar surface area (TPSA) is 110 Å². The molecule has 0 saturated carbocycles. The van der Waals surface area contributed by atoms with Crippen LogP contribution in [-0.2, 0) is 26.0 Å². The number of benzene rings is 1. The van der Waals surface area contributed by atoms with Gasteiger partial charge in [-0.2, -0.15) is 4.31 Å². The molecule has 182 valence electrons. The third-order valence-corrected chi connectivity index (χ3v) is 8.45. The SMILES string of the molecule is COC(=O)c1c(C)oc(C)c1S(=O)(=O)N1CCN(C(=O)Cc2coc3cc(C)c(C)cc23)CC1. The molecule has 1 aromatic carbocycles. The van der Waals surface area contributed by atoms with Crippen molar-refractivity contribution in [1.29, 1.82) is 0 Å². The third-order valence-electron chi connectivity index (χ3n) is 6.40. The van der Waals surface area contributed by atoms with Crippen molar-refractivity contribution in [2.45, 2.75) is 39.0 Å². The van der Waals surface area contributed by atoms with Gasteiger partial charge in [-0.05, 0) is 51.0 Å². The maximum absolute atomic E-state index is 13.3. The number of rotatable bonds is 5. The highest BCUT2D eigenvalue weighted by atomic mass is 32.2.